The van der Waals surface area contributed by atoms with Crippen LogP contribution < -0.4 is 18.5 Å². The zero-order valence-electron chi connectivity index (χ0n) is 17.2. The number of fused-ring (bicyclic) bond motifs is 5. The van der Waals surface area contributed by atoms with Crippen LogP contribution in [-0.2, 0) is 10.0 Å². The average Bonchev–Trinajstić information content (AvgIpc) is 2.87. The number of hydrogen-bond acceptors (Lipinski definition) is 5. The van der Waals surface area contributed by atoms with E-state index in [0.717, 1.165) is 22.2 Å². The summed E-state index contributed by atoms with van der Waals surface area (Å²) in [5.41, 5.74) is 2.01. The standard InChI is InChI=1S/C23H19BrFNO5S/c1-29-14-10-17-23(19(11-14)30-2)22(15-5-3-4-6-16(15)24)20-12-26(17)32(27,28)21-8-7-13(25)9-18(21)31-20/h3-11,20,22H,12H2,1-2H3/t20-,22+/m1/s1. The molecule has 2 bridgehead atoms. The highest BCUT2D eigenvalue weighted by Gasteiger charge is 2.47. The largest absolute Gasteiger partial charge is 0.497 e. The van der Waals surface area contributed by atoms with Crippen LogP contribution in [0.25, 0.3) is 0 Å². The molecule has 2 aliphatic heterocycles. The van der Waals surface area contributed by atoms with Gasteiger partial charge in [-0.05, 0) is 23.8 Å². The number of benzene rings is 3. The first-order valence-electron chi connectivity index (χ1n) is 9.84. The Kier molecular flexibility index (Phi) is 5.05. The van der Waals surface area contributed by atoms with Gasteiger partial charge in [0.25, 0.3) is 10.0 Å². The molecule has 0 fully saturated rings. The summed E-state index contributed by atoms with van der Waals surface area (Å²) in [7, 11) is -0.991. The number of ether oxygens (including phenoxy) is 3. The van der Waals surface area contributed by atoms with Crippen LogP contribution in [0.3, 0.4) is 0 Å². The Balaban J connectivity index is 1.86. The smallest absolute Gasteiger partial charge is 0.268 e. The molecule has 32 heavy (non-hydrogen) atoms. The van der Waals surface area contributed by atoms with Crippen molar-refractivity contribution in [2.45, 2.75) is 16.9 Å². The molecule has 3 aromatic rings. The monoisotopic (exact) mass is 519 g/mol. The summed E-state index contributed by atoms with van der Waals surface area (Å²) in [5.74, 6) is -0.0228. The van der Waals surface area contributed by atoms with E-state index in [-0.39, 0.29) is 23.1 Å². The summed E-state index contributed by atoms with van der Waals surface area (Å²) in [6.45, 7) is 0.0496. The third-order valence-electron chi connectivity index (χ3n) is 5.84. The molecule has 0 saturated carbocycles. The van der Waals surface area contributed by atoms with Crippen molar-refractivity contribution in [1.29, 1.82) is 0 Å². The fraction of sp³-hybridized carbons (Fsp3) is 0.217. The molecule has 0 aromatic heterocycles. The fourth-order valence-electron chi connectivity index (χ4n) is 4.43. The Labute approximate surface area is 193 Å². The molecule has 0 saturated heterocycles. The lowest BCUT2D eigenvalue weighted by atomic mass is 9.82. The molecular formula is C23H19BrFNO5S. The Bertz CT molecular complexity index is 1330. The summed E-state index contributed by atoms with van der Waals surface area (Å²) >= 11 is 3.62. The zero-order valence-corrected chi connectivity index (χ0v) is 19.6. The van der Waals surface area contributed by atoms with Crippen LogP contribution in [-0.4, -0.2) is 35.3 Å². The highest BCUT2D eigenvalue weighted by Crippen LogP contribution is 2.52. The minimum Gasteiger partial charge on any atom is -0.497 e. The van der Waals surface area contributed by atoms with E-state index < -0.39 is 21.9 Å². The van der Waals surface area contributed by atoms with E-state index in [1.54, 1.807) is 12.1 Å². The number of rotatable bonds is 3. The van der Waals surface area contributed by atoms with E-state index in [1.165, 1.54) is 24.6 Å². The van der Waals surface area contributed by atoms with Crippen molar-refractivity contribution in [2.75, 3.05) is 25.1 Å². The molecule has 6 nitrogen and oxygen atoms in total. The van der Waals surface area contributed by atoms with E-state index in [9.17, 15) is 12.8 Å². The van der Waals surface area contributed by atoms with Crippen molar-refractivity contribution in [3.63, 3.8) is 0 Å². The van der Waals surface area contributed by atoms with Crippen molar-refractivity contribution in [2.24, 2.45) is 0 Å². The third-order valence-corrected chi connectivity index (χ3v) is 8.38. The summed E-state index contributed by atoms with van der Waals surface area (Å²) in [5, 5.41) is 0. The Morgan fingerprint density at radius 2 is 1.88 bits per heavy atom. The molecule has 9 heteroatoms. The molecule has 166 valence electrons. The lowest BCUT2D eigenvalue weighted by Gasteiger charge is -2.39. The molecule has 0 radical (unpaired) electrons. The van der Waals surface area contributed by atoms with Crippen LogP contribution in [0.1, 0.15) is 17.0 Å². The molecular weight excluding hydrogens is 501 g/mol. The first-order chi connectivity index (χ1) is 15.3. The van der Waals surface area contributed by atoms with Gasteiger partial charge in [0.2, 0.25) is 0 Å². The van der Waals surface area contributed by atoms with E-state index in [1.807, 2.05) is 24.3 Å². The van der Waals surface area contributed by atoms with Gasteiger partial charge in [-0.1, -0.05) is 34.1 Å². The highest BCUT2D eigenvalue weighted by molar-refractivity contribution is 9.10. The van der Waals surface area contributed by atoms with Crippen LogP contribution in [0.5, 0.6) is 17.2 Å². The highest BCUT2D eigenvalue weighted by atomic mass is 79.9. The molecule has 0 spiro atoms. The molecule has 0 N–H and O–H groups in total. The summed E-state index contributed by atoms with van der Waals surface area (Å²) in [4.78, 5) is -0.0816. The van der Waals surface area contributed by atoms with Crippen molar-refractivity contribution >= 4 is 31.6 Å². The number of halogens is 2. The maximum Gasteiger partial charge on any atom is 0.268 e. The number of sulfonamides is 1. The van der Waals surface area contributed by atoms with E-state index >= 15 is 0 Å². The first kappa shape index (κ1) is 21.1. The van der Waals surface area contributed by atoms with Gasteiger partial charge in [-0.25, -0.2) is 12.8 Å². The van der Waals surface area contributed by atoms with E-state index in [2.05, 4.69) is 15.9 Å². The van der Waals surface area contributed by atoms with Gasteiger partial charge < -0.3 is 14.2 Å². The second kappa shape index (κ2) is 7.67. The predicted molar refractivity (Wildman–Crippen MR) is 121 cm³/mol. The normalized spacial score (nSPS) is 20.4. The van der Waals surface area contributed by atoms with Gasteiger partial charge in [0.1, 0.15) is 34.1 Å². The topological polar surface area (TPSA) is 65.1 Å². The minimum absolute atomic E-state index is 0.00621. The summed E-state index contributed by atoms with van der Waals surface area (Å²) in [6, 6.07) is 14.6. The van der Waals surface area contributed by atoms with Crippen LogP contribution in [0, 0.1) is 5.82 Å². The number of methoxy groups -OCH3 is 2. The van der Waals surface area contributed by atoms with Gasteiger partial charge in [0, 0.05) is 28.2 Å². The van der Waals surface area contributed by atoms with Crippen LogP contribution in [0.4, 0.5) is 10.1 Å². The second-order valence-electron chi connectivity index (χ2n) is 7.55. The maximum atomic E-state index is 14.1. The molecule has 2 atom stereocenters. The lowest BCUT2D eigenvalue weighted by Crippen LogP contribution is -2.45. The number of hydrogen-bond donors (Lipinski definition) is 0. The van der Waals surface area contributed by atoms with Gasteiger partial charge in [0.15, 0.2) is 0 Å². The summed E-state index contributed by atoms with van der Waals surface area (Å²) < 4.78 is 60.8. The molecule has 3 aromatic carbocycles. The first-order valence-corrected chi connectivity index (χ1v) is 12.1. The van der Waals surface area contributed by atoms with Crippen molar-refractivity contribution in [3.05, 3.63) is 76.0 Å². The van der Waals surface area contributed by atoms with Gasteiger partial charge >= 0.3 is 0 Å². The van der Waals surface area contributed by atoms with Gasteiger partial charge in [0.05, 0.1) is 32.4 Å². The summed E-state index contributed by atoms with van der Waals surface area (Å²) in [6.07, 6.45) is -0.624. The second-order valence-corrected chi connectivity index (χ2v) is 10.2. The predicted octanol–water partition coefficient (Wildman–Crippen LogP) is 4.71. The van der Waals surface area contributed by atoms with E-state index in [4.69, 9.17) is 14.2 Å². The quantitative estimate of drug-likeness (QED) is 0.501. The molecule has 2 aliphatic rings. The van der Waals surface area contributed by atoms with Crippen molar-refractivity contribution in [3.8, 4) is 17.2 Å². The number of anilines is 1. The van der Waals surface area contributed by atoms with Gasteiger partial charge in [-0.3, -0.25) is 4.31 Å². The van der Waals surface area contributed by atoms with Crippen molar-refractivity contribution in [1.82, 2.24) is 0 Å². The molecule has 0 amide bonds. The number of nitrogens with zero attached hydrogens (tertiary/aromatic N) is 1. The Morgan fingerprint density at radius 1 is 1.09 bits per heavy atom. The Hall–Kier alpha value is -2.78. The third kappa shape index (κ3) is 3.14. The molecule has 0 unspecified atom stereocenters. The molecule has 5 rings (SSSR count). The van der Waals surface area contributed by atoms with Crippen LogP contribution in [0.15, 0.2) is 64.0 Å². The lowest BCUT2D eigenvalue weighted by molar-refractivity contribution is 0.183. The van der Waals surface area contributed by atoms with Crippen LogP contribution in [0.2, 0.25) is 0 Å². The maximum absolute atomic E-state index is 14.1. The van der Waals surface area contributed by atoms with Gasteiger partial charge in [-0.15, -0.1) is 0 Å². The zero-order chi connectivity index (χ0) is 22.6. The molecule has 0 aliphatic carbocycles. The SMILES string of the molecule is COc1cc(OC)c2c(c1)N1C[C@@H](Oc3cc(F)ccc3S1(=O)=O)[C@@H]2c1ccccc1Br. The van der Waals surface area contributed by atoms with Crippen LogP contribution >= 0.6 is 15.9 Å². The van der Waals surface area contributed by atoms with Gasteiger partial charge in [-0.2, -0.15) is 0 Å². The van der Waals surface area contributed by atoms with Crippen molar-refractivity contribution < 1.29 is 27.0 Å². The molecule has 2 heterocycles. The minimum atomic E-state index is -4.03. The Morgan fingerprint density at radius 3 is 2.59 bits per heavy atom. The van der Waals surface area contributed by atoms with E-state index in [0.29, 0.717) is 22.7 Å². The average molecular weight is 520 g/mol. The fourth-order valence-corrected chi connectivity index (χ4v) is 6.55.